The monoisotopic (exact) mass is 463 g/mol. The summed E-state index contributed by atoms with van der Waals surface area (Å²) in [6, 6.07) is 8.03. The van der Waals surface area contributed by atoms with Gasteiger partial charge in [0.1, 0.15) is 5.82 Å². The molecule has 0 saturated carbocycles. The Morgan fingerprint density at radius 1 is 1.00 bits per heavy atom. The number of hydrogen-bond acceptors (Lipinski definition) is 6. The first-order valence-corrected chi connectivity index (χ1v) is 10.4. The number of morpholine rings is 1. The smallest absolute Gasteiger partial charge is 0.416 e. The molecule has 0 aliphatic carbocycles. The number of fused-ring (bicyclic) bond motifs is 1. The highest BCUT2D eigenvalue weighted by Crippen LogP contribution is 2.31. The molecule has 10 heteroatoms. The Hall–Kier alpha value is -3.11. The number of halogens is 3. The lowest BCUT2D eigenvalue weighted by Crippen LogP contribution is -2.38. The molecule has 0 radical (unpaired) electrons. The zero-order valence-corrected chi connectivity index (χ0v) is 18.3. The molecular weight excluding hydrogens is 439 g/mol. The van der Waals surface area contributed by atoms with Crippen LogP contribution < -0.4 is 15.0 Å². The first-order valence-electron chi connectivity index (χ1n) is 10.4. The minimum Gasteiger partial charge on any atom is -0.493 e. The predicted octanol–water partition coefficient (Wildman–Crippen LogP) is 3.31. The maximum Gasteiger partial charge on any atom is 0.416 e. The highest BCUT2D eigenvalue weighted by molar-refractivity contribution is 5.82. The quantitative estimate of drug-likeness (QED) is 0.559. The molecule has 7 nitrogen and oxygen atoms in total. The van der Waals surface area contributed by atoms with Crippen LogP contribution in [0.2, 0.25) is 0 Å². The minimum atomic E-state index is -4.42. The Labute approximate surface area is 188 Å². The van der Waals surface area contributed by atoms with Crippen LogP contribution in [0.1, 0.15) is 17.0 Å². The first kappa shape index (κ1) is 23.1. The number of methoxy groups -OCH3 is 2. The minimum absolute atomic E-state index is 0.0912. The Morgan fingerprint density at radius 2 is 1.64 bits per heavy atom. The Kier molecular flexibility index (Phi) is 6.57. The molecule has 1 aliphatic rings. The third-order valence-electron chi connectivity index (χ3n) is 5.63. The summed E-state index contributed by atoms with van der Waals surface area (Å²) in [5.74, 6) is 1.36. The van der Waals surface area contributed by atoms with Gasteiger partial charge < -0.3 is 14.2 Å². The molecule has 0 spiro atoms. The third kappa shape index (κ3) is 4.96. The number of hydrogen-bond donors (Lipinski definition) is 0. The van der Waals surface area contributed by atoms with E-state index >= 15 is 0 Å². The molecule has 0 N–H and O–H groups in total. The van der Waals surface area contributed by atoms with Gasteiger partial charge in [-0.15, -0.1) is 0 Å². The van der Waals surface area contributed by atoms with Crippen molar-refractivity contribution in [2.24, 2.45) is 0 Å². The molecule has 0 bridgehead atoms. The molecule has 3 aromatic rings. The van der Waals surface area contributed by atoms with Crippen molar-refractivity contribution < 1.29 is 27.4 Å². The lowest BCUT2D eigenvalue weighted by molar-refractivity contribution is -0.137. The van der Waals surface area contributed by atoms with Gasteiger partial charge in [0.2, 0.25) is 0 Å². The number of alkyl halides is 3. The largest absolute Gasteiger partial charge is 0.493 e. The number of rotatable bonds is 6. The van der Waals surface area contributed by atoms with Crippen molar-refractivity contribution in [1.82, 2.24) is 14.5 Å². The average molecular weight is 463 g/mol. The normalized spacial score (nSPS) is 15.1. The van der Waals surface area contributed by atoms with Gasteiger partial charge in [0.05, 0.1) is 57.0 Å². The van der Waals surface area contributed by atoms with E-state index in [9.17, 15) is 18.0 Å². The van der Waals surface area contributed by atoms with E-state index < -0.39 is 11.7 Å². The van der Waals surface area contributed by atoms with Crippen LogP contribution in [0.15, 0.2) is 41.2 Å². The average Bonchev–Trinajstić information content (AvgIpc) is 2.81. The number of benzene rings is 2. The fraction of sp³-hybridized carbons (Fsp3) is 0.391. The van der Waals surface area contributed by atoms with E-state index in [-0.39, 0.29) is 12.1 Å². The molecule has 33 heavy (non-hydrogen) atoms. The highest BCUT2D eigenvalue weighted by atomic mass is 19.4. The zero-order chi connectivity index (χ0) is 23.6. The summed E-state index contributed by atoms with van der Waals surface area (Å²) in [7, 11) is 2.98. The lowest BCUT2D eigenvalue weighted by atomic mass is 10.1. The van der Waals surface area contributed by atoms with Crippen LogP contribution in [0.3, 0.4) is 0 Å². The Balaban J connectivity index is 1.79. The number of aromatic nitrogens is 2. The Morgan fingerprint density at radius 3 is 2.24 bits per heavy atom. The summed E-state index contributed by atoms with van der Waals surface area (Å²) in [4.78, 5) is 20.4. The van der Waals surface area contributed by atoms with Gasteiger partial charge in [-0.05, 0) is 23.8 Å². The second kappa shape index (κ2) is 9.40. The van der Waals surface area contributed by atoms with Crippen molar-refractivity contribution in [1.29, 1.82) is 0 Å². The summed E-state index contributed by atoms with van der Waals surface area (Å²) in [6.45, 7) is 3.06. The topological polar surface area (TPSA) is 65.8 Å². The molecule has 0 atom stereocenters. The van der Waals surface area contributed by atoms with E-state index in [1.807, 2.05) is 0 Å². The molecule has 0 amide bonds. The maximum atomic E-state index is 13.5. The molecule has 1 fully saturated rings. The van der Waals surface area contributed by atoms with Crippen LogP contribution >= 0.6 is 0 Å². The van der Waals surface area contributed by atoms with E-state index in [1.165, 1.54) is 30.9 Å². The van der Waals surface area contributed by atoms with Crippen LogP contribution in [-0.4, -0.2) is 55.0 Å². The van der Waals surface area contributed by atoms with Crippen molar-refractivity contribution >= 4 is 10.9 Å². The van der Waals surface area contributed by atoms with Gasteiger partial charge in [0.15, 0.2) is 11.5 Å². The van der Waals surface area contributed by atoms with Crippen LogP contribution in [0, 0.1) is 0 Å². The SMILES string of the molecule is COc1cc2nc(CN3CCOCC3)n(Cc3ccc(C(F)(F)F)cc3)c(=O)c2cc1OC. The van der Waals surface area contributed by atoms with Crippen molar-refractivity contribution in [3.05, 3.63) is 63.7 Å². The fourth-order valence-corrected chi connectivity index (χ4v) is 3.82. The van der Waals surface area contributed by atoms with Crippen molar-refractivity contribution in [2.75, 3.05) is 40.5 Å². The van der Waals surface area contributed by atoms with Gasteiger partial charge in [-0.3, -0.25) is 14.3 Å². The van der Waals surface area contributed by atoms with Gasteiger partial charge >= 0.3 is 6.18 Å². The molecule has 0 unspecified atom stereocenters. The number of nitrogens with zero attached hydrogens (tertiary/aromatic N) is 3. The van der Waals surface area contributed by atoms with Crippen molar-refractivity contribution in [2.45, 2.75) is 19.3 Å². The summed E-state index contributed by atoms with van der Waals surface area (Å²) in [5.41, 5.74) is -0.00996. The summed E-state index contributed by atoms with van der Waals surface area (Å²) >= 11 is 0. The second-order valence-electron chi connectivity index (χ2n) is 7.73. The standard InChI is InChI=1S/C23H24F3N3O4/c1-31-19-11-17-18(12-20(19)32-2)27-21(14-28-7-9-33-10-8-28)29(22(17)30)13-15-3-5-16(6-4-15)23(24,25)26/h3-6,11-12H,7-10,13-14H2,1-2H3. The van der Waals surface area contributed by atoms with Crippen LogP contribution in [0.4, 0.5) is 13.2 Å². The molecule has 1 aliphatic heterocycles. The lowest BCUT2D eigenvalue weighted by Gasteiger charge is -2.27. The van der Waals surface area contributed by atoms with Gasteiger partial charge in [0, 0.05) is 19.2 Å². The van der Waals surface area contributed by atoms with Crippen molar-refractivity contribution in [3.63, 3.8) is 0 Å². The molecule has 1 saturated heterocycles. The first-order chi connectivity index (χ1) is 15.8. The molecule has 1 aromatic heterocycles. The molecular formula is C23H24F3N3O4. The second-order valence-corrected chi connectivity index (χ2v) is 7.73. The fourth-order valence-electron chi connectivity index (χ4n) is 3.82. The van der Waals surface area contributed by atoms with Gasteiger partial charge in [-0.2, -0.15) is 13.2 Å². The molecule has 176 valence electrons. The number of ether oxygens (including phenoxy) is 3. The summed E-state index contributed by atoms with van der Waals surface area (Å²) < 4.78 is 56.4. The zero-order valence-electron chi connectivity index (χ0n) is 18.3. The van der Waals surface area contributed by atoms with Crippen LogP contribution in [0.25, 0.3) is 10.9 Å². The maximum absolute atomic E-state index is 13.5. The summed E-state index contributed by atoms with van der Waals surface area (Å²) in [6.07, 6.45) is -4.42. The third-order valence-corrected chi connectivity index (χ3v) is 5.63. The van der Waals surface area contributed by atoms with Gasteiger partial charge in [-0.1, -0.05) is 12.1 Å². The van der Waals surface area contributed by atoms with Gasteiger partial charge in [0.25, 0.3) is 5.56 Å². The van der Waals surface area contributed by atoms with E-state index in [4.69, 9.17) is 19.2 Å². The van der Waals surface area contributed by atoms with E-state index in [2.05, 4.69) is 4.90 Å². The predicted molar refractivity (Wildman–Crippen MR) is 116 cm³/mol. The molecule has 2 aromatic carbocycles. The van der Waals surface area contributed by atoms with E-state index in [0.29, 0.717) is 66.6 Å². The van der Waals surface area contributed by atoms with Gasteiger partial charge in [-0.25, -0.2) is 4.98 Å². The summed E-state index contributed by atoms with van der Waals surface area (Å²) in [5, 5.41) is 0.338. The van der Waals surface area contributed by atoms with E-state index in [1.54, 1.807) is 12.1 Å². The molecule has 2 heterocycles. The van der Waals surface area contributed by atoms with Crippen molar-refractivity contribution in [3.8, 4) is 11.5 Å². The van der Waals surface area contributed by atoms with Crippen LogP contribution in [0.5, 0.6) is 11.5 Å². The Bertz CT molecular complexity index is 1190. The van der Waals surface area contributed by atoms with E-state index in [0.717, 1.165) is 12.1 Å². The highest BCUT2D eigenvalue weighted by Gasteiger charge is 2.30. The van der Waals surface area contributed by atoms with Crippen LogP contribution in [-0.2, 0) is 24.0 Å². The molecule has 4 rings (SSSR count).